The van der Waals surface area contributed by atoms with Crippen LogP contribution in [-0.4, -0.2) is 0 Å². The van der Waals surface area contributed by atoms with Gasteiger partial charge in [-0.2, -0.15) is 0 Å². The SMILES string of the molecule is Cc1cccc(C(Br)Br)c1Br. The molecule has 0 fully saturated rings. The number of rotatable bonds is 1. The maximum Gasteiger partial charge on any atom is 0.0957 e. The monoisotopic (exact) mass is 340 g/mol. The van der Waals surface area contributed by atoms with Crippen LogP contribution >= 0.6 is 47.8 Å². The summed E-state index contributed by atoms with van der Waals surface area (Å²) in [6.07, 6.45) is 0. The van der Waals surface area contributed by atoms with Gasteiger partial charge < -0.3 is 0 Å². The zero-order valence-electron chi connectivity index (χ0n) is 5.94. The minimum absolute atomic E-state index is 0.226. The van der Waals surface area contributed by atoms with Crippen molar-refractivity contribution < 1.29 is 0 Å². The third-order valence-electron chi connectivity index (χ3n) is 1.46. The van der Waals surface area contributed by atoms with E-state index in [0.29, 0.717) is 0 Å². The first-order valence-corrected chi connectivity index (χ1v) is 5.78. The fourth-order valence-electron chi connectivity index (χ4n) is 0.839. The van der Waals surface area contributed by atoms with E-state index in [1.807, 2.05) is 6.07 Å². The second-order valence-corrected chi connectivity index (χ2v) is 6.13. The minimum atomic E-state index is 0.226. The summed E-state index contributed by atoms with van der Waals surface area (Å²) in [5, 5.41) is 0. The Morgan fingerprint density at radius 1 is 1.27 bits per heavy atom. The highest BCUT2D eigenvalue weighted by atomic mass is 79.9. The normalized spacial score (nSPS) is 10.6. The maximum atomic E-state index is 3.52. The molecule has 1 aromatic carbocycles. The molecule has 0 amide bonds. The van der Waals surface area contributed by atoms with Crippen LogP contribution in [0.15, 0.2) is 22.7 Å². The van der Waals surface area contributed by atoms with E-state index < -0.39 is 0 Å². The maximum absolute atomic E-state index is 3.52. The molecule has 0 aromatic heterocycles. The number of alkyl halides is 2. The average Bonchev–Trinajstić information content (AvgIpc) is 1.94. The summed E-state index contributed by atoms with van der Waals surface area (Å²) in [4.78, 5) is 0. The van der Waals surface area contributed by atoms with Crippen LogP contribution in [-0.2, 0) is 0 Å². The van der Waals surface area contributed by atoms with Crippen molar-refractivity contribution in [3.05, 3.63) is 33.8 Å². The van der Waals surface area contributed by atoms with Gasteiger partial charge in [-0.25, -0.2) is 0 Å². The van der Waals surface area contributed by atoms with Crippen LogP contribution in [0.2, 0.25) is 0 Å². The van der Waals surface area contributed by atoms with Crippen molar-refractivity contribution in [2.24, 2.45) is 0 Å². The molecular formula is C8H7Br3. The predicted octanol–water partition coefficient (Wildman–Crippen LogP) is 4.55. The molecule has 0 unspecified atom stereocenters. The molecule has 0 heterocycles. The fraction of sp³-hybridized carbons (Fsp3) is 0.250. The van der Waals surface area contributed by atoms with Gasteiger partial charge in [0, 0.05) is 4.47 Å². The van der Waals surface area contributed by atoms with Gasteiger partial charge in [0.2, 0.25) is 0 Å². The first-order valence-electron chi connectivity index (χ1n) is 3.16. The zero-order chi connectivity index (χ0) is 8.43. The van der Waals surface area contributed by atoms with Crippen LogP contribution in [0.3, 0.4) is 0 Å². The largest absolute Gasteiger partial charge is 0.0957 e. The molecule has 0 radical (unpaired) electrons. The molecule has 0 saturated carbocycles. The molecule has 0 atom stereocenters. The fourth-order valence-corrected chi connectivity index (χ4v) is 2.71. The highest BCUT2D eigenvalue weighted by molar-refractivity contribution is 9.24. The molecule has 0 aliphatic heterocycles. The van der Waals surface area contributed by atoms with E-state index in [2.05, 4.69) is 66.8 Å². The Bertz CT molecular complexity index is 256. The number of halogens is 3. The van der Waals surface area contributed by atoms with Crippen molar-refractivity contribution in [1.82, 2.24) is 0 Å². The summed E-state index contributed by atoms with van der Waals surface area (Å²) < 4.78 is 1.39. The highest BCUT2D eigenvalue weighted by Gasteiger charge is 2.07. The van der Waals surface area contributed by atoms with Gasteiger partial charge >= 0.3 is 0 Å². The second-order valence-electron chi connectivity index (χ2n) is 2.28. The Balaban J connectivity index is 3.17. The van der Waals surface area contributed by atoms with Gasteiger partial charge in [0.25, 0.3) is 0 Å². The molecule has 3 heteroatoms. The molecule has 0 N–H and O–H groups in total. The summed E-state index contributed by atoms with van der Waals surface area (Å²) in [6, 6.07) is 6.20. The van der Waals surface area contributed by atoms with E-state index in [-0.39, 0.29) is 3.74 Å². The van der Waals surface area contributed by atoms with Crippen LogP contribution in [0.1, 0.15) is 14.9 Å². The van der Waals surface area contributed by atoms with Gasteiger partial charge in [0.05, 0.1) is 3.74 Å². The highest BCUT2D eigenvalue weighted by Crippen LogP contribution is 2.35. The Hall–Kier alpha value is 0.660. The molecule has 0 bridgehead atoms. The number of benzene rings is 1. The summed E-state index contributed by atoms with van der Waals surface area (Å²) in [5.41, 5.74) is 2.48. The van der Waals surface area contributed by atoms with Gasteiger partial charge in [-0.1, -0.05) is 66.0 Å². The lowest BCUT2D eigenvalue weighted by molar-refractivity contribution is 1.32. The van der Waals surface area contributed by atoms with Gasteiger partial charge in [-0.05, 0) is 18.1 Å². The molecule has 0 nitrogen and oxygen atoms in total. The van der Waals surface area contributed by atoms with Crippen LogP contribution in [0, 0.1) is 6.92 Å². The first-order chi connectivity index (χ1) is 5.13. The molecule has 0 saturated heterocycles. The third kappa shape index (κ3) is 2.30. The Labute approximate surface area is 91.8 Å². The van der Waals surface area contributed by atoms with Gasteiger partial charge in [-0.3, -0.25) is 0 Å². The summed E-state index contributed by atoms with van der Waals surface area (Å²) in [7, 11) is 0. The van der Waals surface area contributed by atoms with Crippen LogP contribution < -0.4 is 0 Å². The van der Waals surface area contributed by atoms with Crippen molar-refractivity contribution in [3.63, 3.8) is 0 Å². The quantitative estimate of drug-likeness (QED) is 0.657. The first kappa shape index (κ1) is 9.75. The molecular weight excluding hydrogens is 336 g/mol. The van der Waals surface area contributed by atoms with E-state index in [4.69, 9.17) is 0 Å². The van der Waals surface area contributed by atoms with E-state index in [1.165, 1.54) is 15.6 Å². The Morgan fingerprint density at radius 2 is 1.91 bits per heavy atom. The van der Waals surface area contributed by atoms with Gasteiger partial charge in [0.15, 0.2) is 0 Å². The van der Waals surface area contributed by atoms with E-state index in [0.717, 1.165) is 0 Å². The predicted molar refractivity (Wildman–Crippen MR) is 59.5 cm³/mol. The number of hydrogen-bond acceptors (Lipinski definition) is 0. The Morgan fingerprint density at radius 3 is 2.36 bits per heavy atom. The van der Waals surface area contributed by atoms with Crippen molar-refractivity contribution in [2.45, 2.75) is 10.7 Å². The Kier molecular flexibility index (Phi) is 3.59. The van der Waals surface area contributed by atoms with Crippen LogP contribution in [0.5, 0.6) is 0 Å². The molecule has 0 spiro atoms. The van der Waals surface area contributed by atoms with E-state index in [1.54, 1.807) is 0 Å². The minimum Gasteiger partial charge on any atom is -0.0712 e. The zero-order valence-corrected chi connectivity index (χ0v) is 10.7. The molecule has 11 heavy (non-hydrogen) atoms. The third-order valence-corrected chi connectivity index (χ3v) is 3.53. The molecule has 0 aliphatic carbocycles. The lowest BCUT2D eigenvalue weighted by Gasteiger charge is -2.06. The van der Waals surface area contributed by atoms with Crippen molar-refractivity contribution in [1.29, 1.82) is 0 Å². The van der Waals surface area contributed by atoms with E-state index in [9.17, 15) is 0 Å². The van der Waals surface area contributed by atoms with Crippen LogP contribution in [0.25, 0.3) is 0 Å². The van der Waals surface area contributed by atoms with Crippen molar-refractivity contribution in [3.8, 4) is 0 Å². The van der Waals surface area contributed by atoms with Gasteiger partial charge in [0.1, 0.15) is 0 Å². The topological polar surface area (TPSA) is 0 Å². The molecule has 60 valence electrons. The van der Waals surface area contributed by atoms with E-state index >= 15 is 0 Å². The molecule has 0 aliphatic rings. The van der Waals surface area contributed by atoms with Gasteiger partial charge in [-0.15, -0.1) is 0 Å². The number of hydrogen-bond donors (Lipinski definition) is 0. The summed E-state index contributed by atoms with van der Waals surface area (Å²) in [6.45, 7) is 2.08. The van der Waals surface area contributed by atoms with Crippen molar-refractivity contribution >= 4 is 47.8 Å². The van der Waals surface area contributed by atoms with Crippen molar-refractivity contribution in [2.75, 3.05) is 0 Å². The second kappa shape index (κ2) is 4.06. The summed E-state index contributed by atoms with van der Waals surface area (Å²) >= 11 is 10.4. The summed E-state index contributed by atoms with van der Waals surface area (Å²) in [5.74, 6) is 0. The lowest BCUT2D eigenvalue weighted by Crippen LogP contribution is -1.85. The number of aryl methyl sites for hydroxylation is 1. The standard InChI is InChI=1S/C8H7Br3/c1-5-3-2-4-6(7(5)9)8(10)11/h2-4,8H,1H3. The molecule has 1 aromatic rings. The average molecular weight is 343 g/mol. The molecule has 1 rings (SSSR count). The smallest absolute Gasteiger partial charge is 0.0712 e. The van der Waals surface area contributed by atoms with Crippen LogP contribution in [0.4, 0.5) is 0 Å². The lowest BCUT2D eigenvalue weighted by atomic mass is 10.2.